The second kappa shape index (κ2) is 6.21. The van der Waals surface area contributed by atoms with E-state index < -0.39 is 3.79 Å². The van der Waals surface area contributed by atoms with Gasteiger partial charge in [0.15, 0.2) is 3.79 Å². The van der Waals surface area contributed by atoms with Crippen LogP contribution in [0.5, 0.6) is 0 Å². The summed E-state index contributed by atoms with van der Waals surface area (Å²) < 4.78 is -1.08. The zero-order valence-electron chi connectivity index (χ0n) is 6.70. The largest absolute Gasteiger partial charge is 0.187 e. The summed E-state index contributed by atoms with van der Waals surface area (Å²) in [6, 6.07) is 7.02. The van der Waals surface area contributed by atoms with Crippen molar-refractivity contribution in [1.29, 1.82) is 0 Å². The Morgan fingerprint density at radius 3 is 1.15 bits per heavy atom. The van der Waals surface area contributed by atoms with Crippen LogP contribution in [-0.4, -0.2) is 3.79 Å². The van der Waals surface area contributed by atoms with E-state index in [9.17, 15) is 0 Å². The van der Waals surface area contributed by atoms with E-state index in [1.807, 2.05) is 0 Å². The molecule has 0 unspecified atom stereocenters. The summed E-state index contributed by atoms with van der Waals surface area (Å²) in [4.78, 5) is 0. The SMILES string of the molecule is CC(Cl)(Cl)Cl.Clc1ccc(Cl)cc1. The first kappa shape index (κ1) is 13.7. The topological polar surface area (TPSA) is 0 Å². The van der Waals surface area contributed by atoms with Crippen LogP contribution in [0, 0.1) is 0 Å². The average molecular weight is 280 g/mol. The lowest BCUT2D eigenvalue weighted by atomic mass is 10.4. The van der Waals surface area contributed by atoms with Gasteiger partial charge in [-0.1, -0.05) is 58.0 Å². The van der Waals surface area contributed by atoms with Crippen molar-refractivity contribution in [2.75, 3.05) is 0 Å². The lowest BCUT2D eigenvalue weighted by Crippen LogP contribution is -1.87. The van der Waals surface area contributed by atoms with Crippen molar-refractivity contribution in [3.05, 3.63) is 34.3 Å². The molecule has 0 nitrogen and oxygen atoms in total. The van der Waals surface area contributed by atoms with Crippen LogP contribution >= 0.6 is 58.0 Å². The summed E-state index contributed by atoms with van der Waals surface area (Å²) in [5.74, 6) is 0. The van der Waals surface area contributed by atoms with E-state index in [0.717, 1.165) is 10.0 Å². The molecule has 0 saturated carbocycles. The summed E-state index contributed by atoms with van der Waals surface area (Å²) in [7, 11) is 0. The van der Waals surface area contributed by atoms with Crippen LogP contribution in [0.2, 0.25) is 10.0 Å². The van der Waals surface area contributed by atoms with Gasteiger partial charge in [-0.25, -0.2) is 0 Å². The van der Waals surface area contributed by atoms with Gasteiger partial charge in [0.2, 0.25) is 0 Å². The molecule has 0 saturated heterocycles. The Balaban J connectivity index is 0.000000252. The Hall–Kier alpha value is 0.670. The molecule has 0 aliphatic carbocycles. The summed E-state index contributed by atoms with van der Waals surface area (Å²) >= 11 is 26.3. The third-order valence-corrected chi connectivity index (χ3v) is 1.31. The second-order valence-corrected chi connectivity index (χ2v) is 5.94. The first-order valence-corrected chi connectivity index (χ1v) is 5.16. The molecule has 0 bridgehead atoms. The van der Waals surface area contributed by atoms with Crippen molar-refractivity contribution in [2.45, 2.75) is 10.7 Å². The van der Waals surface area contributed by atoms with E-state index in [0.29, 0.717) is 0 Å². The molecule has 0 aliphatic heterocycles. The van der Waals surface area contributed by atoms with Gasteiger partial charge >= 0.3 is 0 Å². The van der Waals surface area contributed by atoms with E-state index in [2.05, 4.69) is 0 Å². The predicted octanol–water partition coefficient (Wildman–Crippen LogP) is 5.37. The van der Waals surface area contributed by atoms with Gasteiger partial charge in [-0.3, -0.25) is 0 Å². The number of rotatable bonds is 0. The molecule has 74 valence electrons. The Morgan fingerprint density at radius 2 is 1.00 bits per heavy atom. The summed E-state index contributed by atoms with van der Waals surface area (Å²) in [6.45, 7) is 1.48. The molecular formula is C8H7Cl5. The highest BCUT2D eigenvalue weighted by atomic mass is 35.6. The fourth-order valence-corrected chi connectivity index (χ4v) is 0.682. The van der Waals surface area contributed by atoms with Crippen LogP contribution in [0.1, 0.15) is 6.92 Å². The molecule has 0 atom stereocenters. The Labute approximate surface area is 103 Å². The second-order valence-electron chi connectivity index (χ2n) is 2.22. The average Bonchev–Trinajstić information content (AvgIpc) is 1.92. The van der Waals surface area contributed by atoms with Gasteiger partial charge in [0.1, 0.15) is 0 Å². The highest BCUT2D eigenvalue weighted by molar-refractivity contribution is 6.67. The number of halogens is 5. The maximum absolute atomic E-state index is 5.55. The molecule has 0 N–H and O–H groups in total. The highest BCUT2D eigenvalue weighted by Crippen LogP contribution is 2.23. The zero-order valence-corrected chi connectivity index (χ0v) is 10.5. The van der Waals surface area contributed by atoms with Crippen LogP contribution in [0.25, 0.3) is 0 Å². The molecule has 0 aromatic heterocycles. The van der Waals surface area contributed by atoms with E-state index in [1.165, 1.54) is 6.92 Å². The van der Waals surface area contributed by atoms with Gasteiger partial charge in [-0.05, 0) is 31.2 Å². The van der Waals surface area contributed by atoms with Gasteiger partial charge in [0, 0.05) is 10.0 Å². The minimum absolute atomic E-state index is 0.717. The highest BCUT2D eigenvalue weighted by Gasteiger charge is 2.07. The molecular weight excluding hydrogens is 273 g/mol. The minimum atomic E-state index is -1.08. The molecule has 0 spiro atoms. The molecule has 13 heavy (non-hydrogen) atoms. The molecule has 1 aromatic rings. The van der Waals surface area contributed by atoms with Gasteiger partial charge in [-0.15, -0.1) is 0 Å². The van der Waals surface area contributed by atoms with Gasteiger partial charge in [0.05, 0.1) is 0 Å². The van der Waals surface area contributed by atoms with Crippen molar-refractivity contribution in [1.82, 2.24) is 0 Å². The van der Waals surface area contributed by atoms with Crippen LogP contribution in [0.4, 0.5) is 0 Å². The fourth-order valence-electron chi connectivity index (χ4n) is 0.430. The first-order valence-electron chi connectivity index (χ1n) is 3.27. The maximum atomic E-state index is 5.55. The van der Waals surface area contributed by atoms with Crippen molar-refractivity contribution < 1.29 is 0 Å². The lowest BCUT2D eigenvalue weighted by molar-refractivity contribution is 1.27. The standard InChI is InChI=1S/C6H4Cl2.C2H3Cl3/c7-5-1-2-6(8)4-3-5;1-2(3,4)5/h1-4H;1H3. The molecule has 1 rings (SSSR count). The molecule has 1 aromatic carbocycles. The van der Waals surface area contributed by atoms with Crippen LogP contribution < -0.4 is 0 Å². The molecule has 0 heterocycles. The van der Waals surface area contributed by atoms with Crippen LogP contribution in [0.15, 0.2) is 24.3 Å². The van der Waals surface area contributed by atoms with Gasteiger partial charge < -0.3 is 0 Å². The minimum Gasteiger partial charge on any atom is -0.0843 e. The third-order valence-electron chi connectivity index (χ3n) is 0.804. The Kier molecular flexibility index (Phi) is 6.53. The van der Waals surface area contributed by atoms with Crippen molar-refractivity contribution in [3.63, 3.8) is 0 Å². The molecule has 0 fully saturated rings. The normalized spacial score (nSPS) is 10.3. The van der Waals surface area contributed by atoms with Crippen molar-refractivity contribution in [2.24, 2.45) is 0 Å². The summed E-state index contributed by atoms with van der Waals surface area (Å²) in [5.41, 5.74) is 0. The summed E-state index contributed by atoms with van der Waals surface area (Å²) in [6.07, 6.45) is 0. The van der Waals surface area contributed by atoms with Crippen LogP contribution in [-0.2, 0) is 0 Å². The van der Waals surface area contributed by atoms with Gasteiger partial charge in [0.25, 0.3) is 0 Å². The lowest BCUT2D eigenvalue weighted by Gasteiger charge is -1.94. The molecule has 5 heteroatoms. The quantitative estimate of drug-likeness (QED) is 0.560. The Bertz CT molecular complexity index is 209. The third kappa shape index (κ3) is 12.7. The number of hydrogen-bond donors (Lipinski definition) is 0. The number of benzene rings is 1. The number of hydrogen-bond acceptors (Lipinski definition) is 0. The molecule has 0 aliphatic rings. The Morgan fingerprint density at radius 1 is 0.846 bits per heavy atom. The van der Waals surface area contributed by atoms with Crippen molar-refractivity contribution >= 4 is 58.0 Å². The summed E-state index contributed by atoms with van der Waals surface area (Å²) in [5, 5.41) is 1.43. The van der Waals surface area contributed by atoms with Gasteiger partial charge in [-0.2, -0.15) is 0 Å². The number of alkyl halides is 3. The monoisotopic (exact) mass is 278 g/mol. The fraction of sp³-hybridized carbons (Fsp3) is 0.250. The van der Waals surface area contributed by atoms with E-state index in [-0.39, 0.29) is 0 Å². The smallest absolute Gasteiger partial charge is 0.0843 e. The molecule has 0 radical (unpaired) electrons. The van der Waals surface area contributed by atoms with Crippen molar-refractivity contribution in [3.8, 4) is 0 Å². The van der Waals surface area contributed by atoms with E-state index >= 15 is 0 Å². The predicted molar refractivity (Wildman–Crippen MR) is 62.4 cm³/mol. The van der Waals surface area contributed by atoms with E-state index in [1.54, 1.807) is 24.3 Å². The van der Waals surface area contributed by atoms with Crippen LogP contribution in [0.3, 0.4) is 0 Å². The maximum Gasteiger partial charge on any atom is 0.187 e. The first-order chi connectivity index (χ1) is 5.79. The zero-order chi connectivity index (χ0) is 10.5. The molecule has 0 amide bonds. The van der Waals surface area contributed by atoms with E-state index in [4.69, 9.17) is 58.0 Å².